The van der Waals surface area contributed by atoms with Crippen molar-refractivity contribution < 1.29 is 24.2 Å². The second kappa shape index (κ2) is 8.89. The summed E-state index contributed by atoms with van der Waals surface area (Å²) >= 11 is 0. The Morgan fingerprint density at radius 1 is 1.38 bits per heavy atom. The largest absolute Gasteiger partial charge is 0.497 e. The number of hydrogen-bond donors (Lipinski definition) is 2. The number of nitrogens with one attached hydrogen (secondary N) is 1. The highest BCUT2D eigenvalue weighted by Crippen LogP contribution is 2.35. The fourth-order valence-electron chi connectivity index (χ4n) is 3.08. The summed E-state index contributed by atoms with van der Waals surface area (Å²) in [5.74, 6) is 0.536. The molecule has 0 bridgehead atoms. The average Bonchev–Trinajstić information content (AvgIpc) is 3.06. The van der Waals surface area contributed by atoms with Crippen LogP contribution in [0.25, 0.3) is 0 Å². The third kappa shape index (κ3) is 4.27. The van der Waals surface area contributed by atoms with Gasteiger partial charge in [-0.3, -0.25) is 9.59 Å². The summed E-state index contributed by atoms with van der Waals surface area (Å²) in [4.78, 5) is 26.6. The summed E-state index contributed by atoms with van der Waals surface area (Å²) in [6, 6.07) is 4.92. The van der Waals surface area contributed by atoms with Crippen LogP contribution in [0.3, 0.4) is 0 Å². The summed E-state index contributed by atoms with van der Waals surface area (Å²) in [5, 5.41) is 12.4. The zero-order valence-corrected chi connectivity index (χ0v) is 15.8. The van der Waals surface area contributed by atoms with Gasteiger partial charge in [0.15, 0.2) is 0 Å². The molecule has 7 heteroatoms. The first kappa shape index (κ1) is 20.0. The van der Waals surface area contributed by atoms with E-state index in [1.807, 2.05) is 13.8 Å². The van der Waals surface area contributed by atoms with Crippen LogP contribution in [-0.4, -0.2) is 50.3 Å². The van der Waals surface area contributed by atoms with Crippen molar-refractivity contribution in [2.45, 2.75) is 32.7 Å². The Labute approximate surface area is 154 Å². The maximum atomic E-state index is 12.6. The molecular formula is C19H28N2O5. The molecule has 0 aromatic heterocycles. The van der Waals surface area contributed by atoms with Gasteiger partial charge in [0.05, 0.1) is 38.5 Å². The summed E-state index contributed by atoms with van der Waals surface area (Å²) in [6.07, 6.45) is 0.990. The fraction of sp³-hybridized carbons (Fsp3) is 0.579. The van der Waals surface area contributed by atoms with E-state index in [0.717, 1.165) is 6.42 Å². The van der Waals surface area contributed by atoms with Gasteiger partial charge in [-0.05, 0) is 18.1 Å². The van der Waals surface area contributed by atoms with E-state index in [4.69, 9.17) is 9.47 Å². The van der Waals surface area contributed by atoms with Crippen LogP contribution in [0, 0.1) is 11.8 Å². The van der Waals surface area contributed by atoms with E-state index in [9.17, 15) is 14.7 Å². The molecule has 1 heterocycles. The van der Waals surface area contributed by atoms with Crippen LogP contribution < -0.4 is 19.7 Å². The molecule has 1 aromatic carbocycles. The number of aliphatic hydroxyl groups excluding tert-OH is 1. The van der Waals surface area contributed by atoms with Crippen molar-refractivity contribution in [3.63, 3.8) is 0 Å². The van der Waals surface area contributed by atoms with E-state index in [-0.39, 0.29) is 43.3 Å². The predicted octanol–water partition coefficient (Wildman–Crippen LogP) is 1.58. The van der Waals surface area contributed by atoms with Crippen molar-refractivity contribution in [1.82, 2.24) is 5.32 Å². The first-order chi connectivity index (χ1) is 12.4. The number of rotatable bonds is 8. The Morgan fingerprint density at radius 3 is 2.69 bits per heavy atom. The quantitative estimate of drug-likeness (QED) is 0.731. The van der Waals surface area contributed by atoms with Crippen molar-refractivity contribution in [3.05, 3.63) is 18.2 Å². The van der Waals surface area contributed by atoms with Crippen LogP contribution >= 0.6 is 0 Å². The van der Waals surface area contributed by atoms with Crippen LogP contribution in [0.5, 0.6) is 11.5 Å². The first-order valence-electron chi connectivity index (χ1n) is 8.88. The number of hydrogen-bond acceptors (Lipinski definition) is 5. The van der Waals surface area contributed by atoms with Crippen LogP contribution in [0.4, 0.5) is 5.69 Å². The third-order valence-corrected chi connectivity index (χ3v) is 5.03. The maximum absolute atomic E-state index is 12.6. The fourth-order valence-corrected chi connectivity index (χ4v) is 3.08. The lowest BCUT2D eigenvalue weighted by Gasteiger charge is -2.24. The van der Waals surface area contributed by atoms with E-state index in [1.165, 1.54) is 7.11 Å². The molecule has 1 unspecified atom stereocenters. The number of benzene rings is 1. The highest BCUT2D eigenvalue weighted by Gasteiger charge is 2.37. The summed E-state index contributed by atoms with van der Waals surface area (Å²) < 4.78 is 10.5. The second-order valence-corrected chi connectivity index (χ2v) is 6.63. The van der Waals surface area contributed by atoms with Gasteiger partial charge in [-0.1, -0.05) is 20.3 Å². The van der Waals surface area contributed by atoms with Gasteiger partial charge in [0.1, 0.15) is 11.5 Å². The molecule has 0 saturated carbocycles. The Bertz CT molecular complexity index is 649. The molecule has 144 valence electrons. The minimum absolute atomic E-state index is 0.114. The monoisotopic (exact) mass is 364 g/mol. The molecule has 3 atom stereocenters. The molecular weight excluding hydrogens is 336 g/mol. The normalized spacial score (nSPS) is 19.2. The standard InChI is InChI=1S/C19H28N2O5/c1-5-12(2)15(11-22)20-19(24)13-8-18(23)21(10-13)16-7-6-14(25-3)9-17(16)26-4/h6-7,9,12-13,15,22H,5,8,10-11H2,1-4H3,(H,20,24)/t12-,13?,15-/m1/s1. The van der Waals surface area contributed by atoms with E-state index >= 15 is 0 Å². The Hall–Kier alpha value is -2.28. The van der Waals surface area contributed by atoms with Gasteiger partial charge >= 0.3 is 0 Å². The molecule has 1 aliphatic rings. The van der Waals surface area contributed by atoms with Gasteiger partial charge < -0.3 is 24.8 Å². The molecule has 0 spiro atoms. The molecule has 1 aliphatic heterocycles. The Balaban J connectivity index is 2.12. The summed E-state index contributed by atoms with van der Waals surface area (Å²) in [6.45, 7) is 4.16. The molecule has 1 aromatic rings. The smallest absolute Gasteiger partial charge is 0.227 e. The van der Waals surface area contributed by atoms with E-state index in [1.54, 1.807) is 30.2 Å². The Morgan fingerprint density at radius 2 is 2.12 bits per heavy atom. The number of carbonyl (C=O) groups is 2. The highest BCUT2D eigenvalue weighted by molar-refractivity contribution is 6.01. The molecule has 2 rings (SSSR count). The number of anilines is 1. The average molecular weight is 364 g/mol. The number of ether oxygens (including phenoxy) is 2. The van der Waals surface area contributed by atoms with E-state index in [2.05, 4.69) is 5.32 Å². The molecule has 7 nitrogen and oxygen atoms in total. The zero-order chi connectivity index (χ0) is 19.3. The lowest BCUT2D eigenvalue weighted by Crippen LogP contribution is -2.45. The van der Waals surface area contributed by atoms with Crippen molar-refractivity contribution in [2.24, 2.45) is 11.8 Å². The van der Waals surface area contributed by atoms with Crippen molar-refractivity contribution in [2.75, 3.05) is 32.3 Å². The number of nitrogens with zero attached hydrogens (tertiary/aromatic N) is 1. The molecule has 0 aliphatic carbocycles. The van der Waals surface area contributed by atoms with Crippen LogP contribution in [0.1, 0.15) is 26.7 Å². The second-order valence-electron chi connectivity index (χ2n) is 6.63. The number of aliphatic hydroxyl groups is 1. The minimum atomic E-state index is -0.451. The SMILES string of the molecule is CC[C@@H](C)[C@@H](CO)NC(=O)C1CC(=O)N(c2ccc(OC)cc2OC)C1. The van der Waals surface area contributed by atoms with Crippen LogP contribution in [-0.2, 0) is 9.59 Å². The van der Waals surface area contributed by atoms with Gasteiger partial charge in [0, 0.05) is 19.0 Å². The number of methoxy groups -OCH3 is 2. The van der Waals surface area contributed by atoms with Crippen LogP contribution in [0.15, 0.2) is 18.2 Å². The molecule has 1 fully saturated rings. The molecule has 1 saturated heterocycles. The lowest BCUT2D eigenvalue weighted by molar-refractivity contribution is -0.127. The maximum Gasteiger partial charge on any atom is 0.227 e. The summed E-state index contributed by atoms with van der Waals surface area (Å²) in [7, 11) is 3.09. The molecule has 2 N–H and O–H groups in total. The lowest BCUT2D eigenvalue weighted by atomic mass is 9.98. The van der Waals surface area contributed by atoms with Gasteiger partial charge in [0.25, 0.3) is 0 Å². The predicted molar refractivity (Wildman–Crippen MR) is 98.5 cm³/mol. The molecule has 0 radical (unpaired) electrons. The van der Waals surface area contributed by atoms with Crippen molar-refractivity contribution in [3.8, 4) is 11.5 Å². The van der Waals surface area contributed by atoms with E-state index in [0.29, 0.717) is 17.2 Å². The van der Waals surface area contributed by atoms with Crippen LogP contribution in [0.2, 0.25) is 0 Å². The van der Waals surface area contributed by atoms with Gasteiger partial charge in [-0.15, -0.1) is 0 Å². The molecule has 2 amide bonds. The minimum Gasteiger partial charge on any atom is -0.497 e. The third-order valence-electron chi connectivity index (χ3n) is 5.03. The number of carbonyl (C=O) groups excluding carboxylic acids is 2. The first-order valence-corrected chi connectivity index (χ1v) is 8.88. The molecule has 26 heavy (non-hydrogen) atoms. The Kier molecular flexibility index (Phi) is 6.85. The zero-order valence-electron chi connectivity index (χ0n) is 15.8. The summed E-state index contributed by atoms with van der Waals surface area (Å²) in [5.41, 5.74) is 0.620. The van der Waals surface area contributed by atoms with Gasteiger partial charge in [0.2, 0.25) is 11.8 Å². The topological polar surface area (TPSA) is 88.1 Å². The van der Waals surface area contributed by atoms with Gasteiger partial charge in [-0.25, -0.2) is 0 Å². The highest BCUT2D eigenvalue weighted by atomic mass is 16.5. The number of amides is 2. The van der Waals surface area contributed by atoms with Crippen molar-refractivity contribution >= 4 is 17.5 Å². The van der Waals surface area contributed by atoms with E-state index < -0.39 is 5.92 Å². The van der Waals surface area contributed by atoms with Gasteiger partial charge in [-0.2, -0.15) is 0 Å². The van der Waals surface area contributed by atoms with Crippen molar-refractivity contribution in [1.29, 1.82) is 0 Å².